The Labute approximate surface area is 185 Å². The van der Waals surface area contributed by atoms with E-state index in [1.165, 1.54) is 4.90 Å². The zero-order valence-electron chi connectivity index (χ0n) is 18.6. The van der Waals surface area contributed by atoms with Crippen LogP contribution in [0.1, 0.15) is 59.3 Å². The molecule has 1 aromatic carbocycles. The Kier molecular flexibility index (Phi) is 10.8. The van der Waals surface area contributed by atoms with Gasteiger partial charge in [-0.25, -0.2) is 4.98 Å². The molecule has 0 aliphatic rings. The molecule has 0 N–H and O–H groups in total. The molecule has 6 heteroatoms. The van der Waals surface area contributed by atoms with Gasteiger partial charge in [0.15, 0.2) is 0 Å². The van der Waals surface area contributed by atoms with Gasteiger partial charge in [0.25, 0.3) is 0 Å². The predicted octanol–water partition coefficient (Wildman–Crippen LogP) is 5.98. The first kappa shape index (κ1) is 24.3. The summed E-state index contributed by atoms with van der Waals surface area (Å²) in [5.74, 6) is 1.90. The van der Waals surface area contributed by atoms with Crippen molar-refractivity contribution in [1.82, 2.24) is 9.55 Å². The van der Waals surface area contributed by atoms with Gasteiger partial charge in [-0.3, -0.25) is 4.79 Å². The maximum Gasteiger partial charge on any atom is 0.311 e. The van der Waals surface area contributed by atoms with E-state index in [0.29, 0.717) is 6.61 Å². The number of esters is 1. The lowest BCUT2D eigenvalue weighted by Gasteiger charge is -2.21. The molecule has 0 unspecified atom stereocenters. The molecule has 1 aromatic heterocycles. The molecule has 0 spiro atoms. The lowest BCUT2D eigenvalue weighted by atomic mass is 9.87. The molecule has 0 saturated heterocycles. The van der Waals surface area contributed by atoms with Crippen LogP contribution in [0.5, 0.6) is 5.75 Å². The fourth-order valence-electron chi connectivity index (χ4n) is 3.10. The van der Waals surface area contributed by atoms with E-state index in [1.807, 2.05) is 51.3 Å². The molecule has 0 aliphatic carbocycles. The molecule has 0 bridgehead atoms. The van der Waals surface area contributed by atoms with E-state index in [0.717, 1.165) is 63.2 Å². The Morgan fingerprint density at radius 3 is 2.60 bits per heavy atom. The van der Waals surface area contributed by atoms with E-state index in [2.05, 4.69) is 33.8 Å². The van der Waals surface area contributed by atoms with Gasteiger partial charge in [0.05, 0.1) is 25.0 Å². The number of carbonyl (C=O) groups excluding carboxylic acids is 1. The number of thioether (sulfide) groups is 1. The third kappa shape index (κ3) is 9.24. The highest BCUT2D eigenvalue weighted by molar-refractivity contribution is 7.99. The van der Waals surface area contributed by atoms with Crippen LogP contribution in [0.4, 0.5) is 0 Å². The second-order valence-corrected chi connectivity index (χ2v) is 9.26. The smallest absolute Gasteiger partial charge is 0.311 e. The van der Waals surface area contributed by atoms with E-state index in [1.54, 1.807) is 0 Å². The second kappa shape index (κ2) is 13.4. The molecule has 0 amide bonds. The number of aryl methyl sites for hydroxylation is 1. The van der Waals surface area contributed by atoms with Crippen LogP contribution in [0.15, 0.2) is 47.9 Å². The number of benzene rings is 1. The predicted molar refractivity (Wildman–Crippen MR) is 123 cm³/mol. The van der Waals surface area contributed by atoms with Crippen LogP contribution >= 0.6 is 11.8 Å². The Morgan fingerprint density at radius 1 is 1.10 bits per heavy atom. The number of hydrogen-bond acceptors (Lipinski definition) is 5. The molecule has 0 aliphatic heterocycles. The number of aromatic nitrogens is 2. The van der Waals surface area contributed by atoms with Crippen molar-refractivity contribution in [3.63, 3.8) is 0 Å². The van der Waals surface area contributed by atoms with Gasteiger partial charge in [-0.2, -0.15) is 0 Å². The summed E-state index contributed by atoms with van der Waals surface area (Å²) >= 11 is 1.85. The Hall–Kier alpha value is -1.95. The van der Waals surface area contributed by atoms with Gasteiger partial charge < -0.3 is 14.0 Å². The highest BCUT2D eigenvalue weighted by Gasteiger charge is 2.28. The first-order valence-corrected chi connectivity index (χ1v) is 12.0. The summed E-state index contributed by atoms with van der Waals surface area (Å²) < 4.78 is 13.1. The Balaban J connectivity index is 1.53. The largest absolute Gasteiger partial charge is 0.494 e. The maximum atomic E-state index is 11.9. The van der Waals surface area contributed by atoms with Crippen LogP contribution in [0.2, 0.25) is 0 Å². The number of imidazole rings is 1. The van der Waals surface area contributed by atoms with Gasteiger partial charge in [-0.15, -0.1) is 11.8 Å². The van der Waals surface area contributed by atoms with Gasteiger partial charge in [0.2, 0.25) is 0 Å². The molecule has 0 radical (unpaired) electrons. The summed E-state index contributed by atoms with van der Waals surface area (Å²) in [7, 11) is 0. The second-order valence-electron chi connectivity index (χ2n) is 8.09. The minimum atomic E-state index is -0.390. The SMILES string of the molecule is CCOC(=O)C(C)(C)CCCCSc1ccc(OCCCCCn2ccnc2)cc1. The third-order valence-corrected chi connectivity index (χ3v) is 6.10. The van der Waals surface area contributed by atoms with Crippen molar-refractivity contribution in [2.75, 3.05) is 19.0 Å². The summed E-state index contributed by atoms with van der Waals surface area (Å²) in [4.78, 5) is 17.2. The molecule has 0 atom stereocenters. The minimum absolute atomic E-state index is 0.0913. The number of hydrogen-bond donors (Lipinski definition) is 0. The lowest BCUT2D eigenvalue weighted by molar-refractivity contribution is -0.153. The zero-order chi connectivity index (χ0) is 21.7. The van der Waals surface area contributed by atoms with E-state index in [4.69, 9.17) is 9.47 Å². The first-order chi connectivity index (χ1) is 14.5. The highest BCUT2D eigenvalue weighted by Crippen LogP contribution is 2.27. The Bertz CT molecular complexity index is 715. The molecule has 5 nitrogen and oxygen atoms in total. The van der Waals surface area contributed by atoms with Crippen LogP contribution in [0, 0.1) is 5.41 Å². The zero-order valence-corrected chi connectivity index (χ0v) is 19.5. The summed E-state index contributed by atoms with van der Waals surface area (Å²) in [6, 6.07) is 8.36. The van der Waals surface area contributed by atoms with E-state index in [9.17, 15) is 4.79 Å². The van der Waals surface area contributed by atoms with Crippen molar-refractivity contribution in [3.05, 3.63) is 43.0 Å². The molecule has 30 heavy (non-hydrogen) atoms. The lowest BCUT2D eigenvalue weighted by Crippen LogP contribution is -2.26. The monoisotopic (exact) mass is 432 g/mol. The van der Waals surface area contributed by atoms with E-state index in [-0.39, 0.29) is 11.4 Å². The van der Waals surface area contributed by atoms with Crippen molar-refractivity contribution >= 4 is 17.7 Å². The maximum absolute atomic E-state index is 11.9. The quantitative estimate of drug-likeness (QED) is 0.197. The highest BCUT2D eigenvalue weighted by atomic mass is 32.2. The normalized spacial score (nSPS) is 11.4. The summed E-state index contributed by atoms with van der Waals surface area (Å²) in [5, 5.41) is 0. The molecular weight excluding hydrogens is 396 g/mol. The third-order valence-electron chi connectivity index (χ3n) is 5.01. The summed E-state index contributed by atoms with van der Waals surface area (Å²) in [6.07, 6.45) is 12.0. The fourth-order valence-corrected chi connectivity index (χ4v) is 4.01. The topological polar surface area (TPSA) is 53.4 Å². The molecule has 2 rings (SSSR count). The number of nitrogens with zero attached hydrogens (tertiary/aromatic N) is 2. The van der Waals surface area contributed by atoms with Crippen LogP contribution in [0.3, 0.4) is 0 Å². The standard InChI is InChI=1S/C24H36N2O3S/c1-4-28-23(27)24(2,3)14-6-9-19-30-22-12-10-21(11-13-22)29-18-8-5-7-16-26-17-15-25-20-26/h10-13,15,17,20H,4-9,14,16,18-19H2,1-3H3. The average Bonchev–Trinajstić information content (AvgIpc) is 3.25. The van der Waals surface area contributed by atoms with Gasteiger partial charge >= 0.3 is 5.97 Å². The molecule has 0 saturated carbocycles. The van der Waals surface area contributed by atoms with Gasteiger partial charge in [-0.05, 0) is 82.9 Å². The van der Waals surface area contributed by atoms with Crippen LogP contribution in [0.25, 0.3) is 0 Å². The molecule has 0 fully saturated rings. The van der Waals surface area contributed by atoms with Crippen molar-refractivity contribution in [2.24, 2.45) is 5.41 Å². The van der Waals surface area contributed by atoms with Crippen molar-refractivity contribution in [2.45, 2.75) is 70.7 Å². The molecular formula is C24H36N2O3S. The Morgan fingerprint density at radius 2 is 1.90 bits per heavy atom. The van der Waals surface area contributed by atoms with Crippen molar-refractivity contribution in [3.8, 4) is 5.75 Å². The van der Waals surface area contributed by atoms with Crippen LogP contribution in [-0.4, -0.2) is 34.5 Å². The number of ether oxygens (including phenoxy) is 2. The first-order valence-electron chi connectivity index (χ1n) is 11.0. The van der Waals surface area contributed by atoms with Gasteiger partial charge in [0.1, 0.15) is 5.75 Å². The van der Waals surface area contributed by atoms with Crippen molar-refractivity contribution in [1.29, 1.82) is 0 Å². The summed E-state index contributed by atoms with van der Waals surface area (Å²) in [5.41, 5.74) is -0.390. The number of unbranched alkanes of at least 4 members (excludes halogenated alkanes) is 3. The number of carbonyl (C=O) groups is 1. The molecule has 1 heterocycles. The van der Waals surface area contributed by atoms with E-state index < -0.39 is 0 Å². The van der Waals surface area contributed by atoms with Gasteiger partial charge in [0, 0.05) is 23.8 Å². The van der Waals surface area contributed by atoms with Crippen molar-refractivity contribution < 1.29 is 14.3 Å². The van der Waals surface area contributed by atoms with Gasteiger partial charge in [-0.1, -0.05) is 6.42 Å². The molecule has 2 aromatic rings. The number of rotatable bonds is 15. The minimum Gasteiger partial charge on any atom is -0.494 e. The summed E-state index contributed by atoms with van der Waals surface area (Å²) in [6.45, 7) is 8.02. The van der Waals surface area contributed by atoms with Crippen LogP contribution in [-0.2, 0) is 16.1 Å². The van der Waals surface area contributed by atoms with Crippen LogP contribution < -0.4 is 4.74 Å². The van der Waals surface area contributed by atoms with E-state index >= 15 is 0 Å². The fraction of sp³-hybridized carbons (Fsp3) is 0.583. The average molecular weight is 433 g/mol. The molecule has 166 valence electrons.